The number of aromatic nitrogens is 1. The second-order valence-electron chi connectivity index (χ2n) is 8.96. The number of benzene rings is 3. The van der Waals surface area contributed by atoms with Crippen LogP contribution in [0.15, 0.2) is 87.7 Å². The number of hydrogen-bond acceptors (Lipinski definition) is 4. The smallest absolute Gasteiger partial charge is 0.248 e. The lowest BCUT2D eigenvalue weighted by Crippen LogP contribution is -2.09. The first-order valence-corrected chi connectivity index (χ1v) is 12.1. The average Bonchev–Trinajstić information content (AvgIpc) is 3.51. The van der Waals surface area contributed by atoms with Gasteiger partial charge in [0.15, 0.2) is 5.58 Å². The minimum absolute atomic E-state index is 0.265. The summed E-state index contributed by atoms with van der Waals surface area (Å²) < 4.78 is 11.8. The monoisotopic (exact) mass is 496 g/mol. The van der Waals surface area contributed by atoms with Crippen LogP contribution in [0.25, 0.3) is 40.0 Å². The predicted molar refractivity (Wildman–Crippen MR) is 145 cm³/mol. The summed E-state index contributed by atoms with van der Waals surface area (Å²) in [7, 11) is 0. The molecule has 0 aliphatic heterocycles. The predicted octanol–water partition coefficient (Wildman–Crippen LogP) is 8.49. The van der Waals surface area contributed by atoms with Crippen LogP contribution in [0, 0.1) is 6.92 Å². The van der Waals surface area contributed by atoms with E-state index >= 15 is 0 Å². The lowest BCUT2D eigenvalue weighted by Gasteiger charge is -2.07. The van der Waals surface area contributed by atoms with Crippen molar-refractivity contribution in [3.8, 4) is 22.8 Å². The molecule has 0 bridgehead atoms. The van der Waals surface area contributed by atoms with Crippen molar-refractivity contribution in [3.63, 3.8) is 0 Å². The van der Waals surface area contributed by atoms with E-state index in [1.165, 1.54) is 11.6 Å². The van der Waals surface area contributed by atoms with E-state index in [0.29, 0.717) is 34.0 Å². The number of hydrogen-bond donors (Lipinski definition) is 1. The summed E-state index contributed by atoms with van der Waals surface area (Å²) in [6.07, 6.45) is 3.09. The van der Waals surface area contributed by atoms with Crippen molar-refractivity contribution in [2.75, 3.05) is 5.32 Å². The summed E-state index contributed by atoms with van der Waals surface area (Å²) >= 11 is 5.95. The Labute approximate surface area is 214 Å². The fraction of sp³-hybridized carbons (Fsp3) is 0.133. The lowest BCUT2D eigenvalue weighted by molar-refractivity contribution is -0.111. The van der Waals surface area contributed by atoms with Crippen molar-refractivity contribution in [2.24, 2.45) is 0 Å². The summed E-state index contributed by atoms with van der Waals surface area (Å²) in [4.78, 5) is 17.3. The molecule has 1 amide bonds. The van der Waals surface area contributed by atoms with Gasteiger partial charge in [0, 0.05) is 27.9 Å². The number of halogens is 1. The molecule has 3 aromatic carbocycles. The molecule has 5 aromatic rings. The zero-order valence-corrected chi connectivity index (χ0v) is 21.0. The summed E-state index contributed by atoms with van der Waals surface area (Å²) in [5.41, 5.74) is 6.09. The molecule has 1 N–H and O–H groups in total. The summed E-state index contributed by atoms with van der Waals surface area (Å²) in [6, 6.07) is 22.9. The highest BCUT2D eigenvalue weighted by molar-refractivity contribution is 6.30. The number of carbonyl (C=O) groups excluding carboxylic acids is 1. The number of nitrogens with one attached hydrogen (secondary N) is 1. The highest BCUT2D eigenvalue weighted by atomic mass is 35.5. The van der Waals surface area contributed by atoms with E-state index in [4.69, 9.17) is 20.4 Å². The van der Waals surface area contributed by atoms with E-state index < -0.39 is 0 Å². The molecule has 0 fully saturated rings. The summed E-state index contributed by atoms with van der Waals surface area (Å²) in [5, 5.41) is 3.61. The van der Waals surface area contributed by atoms with Gasteiger partial charge in [0.05, 0.1) is 0 Å². The fourth-order valence-corrected chi connectivity index (χ4v) is 3.99. The first-order valence-electron chi connectivity index (χ1n) is 11.7. The van der Waals surface area contributed by atoms with Crippen molar-refractivity contribution in [2.45, 2.75) is 26.7 Å². The number of fused-ring (bicyclic) bond motifs is 1. The van der Waals surface area contributed by atoms with Crippen LogP contribution < -0.4 is 5.32 Å². The van der Waals surface area contributed by atoms with Gasteiger partial charge in [-0.05, 0) is 90.7 Å². The number of furan rings is 1. The Morgan fingerprint density at radius 3 is 2.50 bits per heavy atom. The van der Waals surface area contributed by atoms with Crippen LogP contribution in [-0.2, 0) is 4.79 Å². The first-order chi connectivity index (χ1) is 17.4. The van der Waals surface area contributed by atoms with Gasteiger partial charge in [-0.1, -0.05) is 37.6 Å². The van der Waals surface area contributed by atoms with Crippen molar-refractivity contribution in [1.29, 1.82) is 0 Å². The van der Waals surface area contributed by atoms with Crippen LogP contribution in [0.4, 0.5) is 5.69 Å². The third-order valence-electron chi connectivity index (χ3n) is 5.98. The van der Waals surface area contributed by atoms with E-state index in [9.17, 15) is 4.79 Å². The maximum atomic E-state index is 12.6. The van der Waals surface area contributed by atoms with Crippen molar-refractivity contribution >= 4 is 40.4 Å². The summed E-state index contributed by atoms with van der Waals surface area (Å²) in [5.74, 6) is 1.94. The number of rotatable bonds is 6. The topological polar surface area (TPSA) is 68.3 Å². The molecule has 6 heteroatoms. The number of amides is 1. The molecule has 0 saturated heterocycles. The normalized spacial score (nSPS) is 11.6. The van der Waals surface area contributed by atoms with E-state index in [0.717, 1.165) is 27.8 Å². The van der Waals surface area contributed by atoms with E-state index in [2.05, 4.69) is 36.3 Å². The molecule has 36 heavy (non-hydrogen) atoms. The van der Waals surface area contributed by atoms with Gasteiger partial charge >= 0.3 is 0 Å². The SMILES string of the molecule is Cc1ccc(-c2nc3cc(C(C)C)ccc3o2)cc1NC(=O)/C=C/c1ccc(-c2ccc(Cl)cc2)o1. The number of aryl methyl sites for hydroxylation is 1. The minimum atomic E-state index is -0.265. The van der Waals surface area contributed by atoms with Crippen LogP contribution in [0.5, 0.6) is 0 Å². The Hall–Kier alpha value is -4.09. The Bertz CT molecular complexity index is 1580. The van der Waals surface area contributed by atoms with Gasteiger partial charge in [0.25, 0.3) is 0 Å². The number of nitrogens with zero attached hydrogens (tertiary/aromatic N) is 1. The van der Waals surface area contributed by atoms with E-state index in [-0.39, 0.29) is 5.91 Å². The van der Waals surface area contributed by atoms with E-state index in [1.807, 2.05) is 67.6 Å². The maximum Gasteiger partial charge on any atom is 0.248 e. The van der Waals surface area contributed by atoms with Crippen molar-refractivity contribution in [1.82, 2.24) is 4.98 Å². The van der Waals surface area contributed by atoms with Gasteiger partial charge in [-0.2, -0.15) is 0 Å². The fourth-order valence-electron chi connectivity index (χ4n) is 3.86. The molecule has 0 spiro atoms. The molecule has 0 aliphatic rings. The van der Waals surface area contributed by atoms with Crippen LogP contribution in [-0.4, -0.2) is 10.9 Å². The quantitative estimate of drug-likeness (QED) is 0.239. The first kappa shape index (κ1) is 23.6. The number of anilines is 1. The molecule has 2 aromatic heterocycles. The zero-order chi connectivity index (χ0) is 25.2. The zero-order valence-electron chi connectivity index (χ0n) is 20.2. The molecule has 0 aliphatic carbocycles. The minimum Gasteiger partial charge on any atom is -0.457 e. The Morgan fingerprint density at radius 2 is 1.72 bits per heavy atom. The molecular weight excluding hydrogens is 472 g/mol. The van der Waals surface area contributed by atoms with Gasteiger partial charge in [-0.25, -0.2) is 4.98 Å². The highest BCUT2D eigenvalue weighted by Crippen LogP contribution is 2.30. The van der Waals surface area contributed by atoms with Crippen LogP contribution in [0.3, 0.4) is 0 Å². The van der Waals surface area contributed by atoms with Crippen molar-refractivity contribution < 1.29 is 13.6 Å². The molecule has 5 nitrogen and oxygen atoms in total. The van der Waals surface area contributed by atoms with Gasteiger partial charge in [0.1, 0.15) is 17.0 Å². The molecule has 0 atom stereocenters. The second kappa shape index (κ2) is 9.88. The third-order valence-corrected chi connectivity index (χ3v) is 6.23. The summed E-state index contributed by atoms with van der Waals surface area (Å²) in [6.45, 7) is 6.24. The van der Waals surface area contributed by atoms with Gasteiger partial charge in [-0.15, -0.1) is 0 Å². The molecule has 2 heterocycles. The Kier molecular flexibility index (Phi) is 6.49. The molecular formula is C30H25ClN2O3. The third kappa shape index (κ3) is 5.11. The molecule has 0 unspecified atom stereocenters. The standard InChI is InChI=1S/C30H25ClN2O3/c1-18(2)21-8-13-28-26(16-21)33-30(36-28)22-5-4-19(3)25(17-22)32-29(34)15-12-24-11-14-27(35-24)20-6-9-23(31)10-7-20/h4-18H,1-3H3,(H,32,34)/b15-12+. The van der Waals surface area contributed by atoms with Gasteiger partial charge in [-0.3, -0.25) is 4.79 Å². The van der Waals surface area contributed by atoms with Gasteiger partial charge < -0.3 is 14.2 Å². The number of carbonyl (C=O) groups is 1. The van der Waals surface area contributed by atoms with Crippen LogP contribution in [0.2, 0.25) is 5.02 Å². The molecule has 180 valence electrons. The second-order valence-corrected chi connectivity index (χ2v) is 9.40. The Morgan fingerprint density at radius 1 is 0.944 bits per heavy atom. The molecule has 0 saturated carbocycles. The average molecular weight is 497 g/mol. The van der Waals surface area contributed by atoms with Gasteiger partial charge in [0.2, 0.25) is 11.8 Å². The lowest BCUT2D eigenvalue weighted by atomic mass is 10.0. The van der Waals surface area contributed by atoms with Crippen molar-refractivity contribution in [3.05, 3.63) is 101 Å². The Balaban J connectivity index is 1.31. The van der Waals surface area contributed by atoms with Crippen LogP contribution in [0.1, 0.15) is 36.7 Å². The maximum absolute atomic E-state index is 12.6. The highest BCUT2D eigenvalue weighted by Gasteiger charge is 2.12. The molecule has 0 radical (unpaired) electrons. The molecule has 5 rings (SSSR count). The number of oxazole rings is 1. The van der Waals surface area contributed by atoms with Crippen LogP contribution >= 0.6 is 11.6 Å². The van der Waals surface area contributed by atoms with E-state index in [1.54, 1.807) is 6.08 Å². The largest absolute Gasteiger partial charge is 0.457 e.